The van der Waals surface area contributed by atoms with E-state index in [-0.39, 0.29) is 35.1 Å². The van der Waals surface area contributed by atoms with E-state index < -0.39 is 32.3 Å². The smallest absolute Gasteiger partial charge is 0.281 e. The van der Waals surface area contributed by atoms with E-state index in [1.807, 2.05) is 23.5 Å². The van der Waals surface area contributed by atoms with E-state index in [4.69, 9.17) is 15.2 Å². The maximum Gasteiger partial charge on any atom is 0.281 e. The lowest BCUT2D eigenvalue weighted by Crippen LogP contribution is -2.41. The molecule has 2 aliphatic rings. The molecule has 0 bridgehead atoms. The van der Waals surface area contributed by atoms with E-state index in [1.54, 1.807) is 0 Å². The summed E-state index contributed by atoms with van der Waals surface area (Å²) in [7, 11) is -4.36. The number of pyridine rings is 2. The molecule has 2 fully saturated rings. The van der Waals surface area contributed by atoms with Crippen LogP contribution in [-0.4, -0.2) is 55.7 Å². The highest BCUT2D eigenvalue weighted by Gasteiger charge is 2.40. The highest BCUT2D eigenvalue weighted by atomic mass is 32.2. The van der Waals surface area contributed by atoms with Crippen molar-refractivity contribution in [1.82, 2.24) is 14.7 Å². The Labute approximate surface area is 197 Å². The van der Waals surface area contributed by atoms with Gasteiger partial charge in [-0.15, -0.1) is 0 Å². The Morgan fingerprint density at radius 2 is 2.12 bits per heavy atom. The Bertz CT molecular complexity index is 1200. The molecule has 2 saturated heterocycles. The Hall–Kier alpha value is -2.99. The molecule has 0 aromatic carbocycles. The molecule has 184 valence electrons. The molecule has 10 nitrogen and oxygen atoms in total. The third-order valence-electron chi connectivity index (χ3n) is 5.91. The number of anilines is 2. The molecule has 1 amide bonds. The molecule has 0 aliphatic carbocycles. The number of carbonyl (C=O) groups is 1. The summed E-state index contributed by atoms with van der Waals surface area (Å²) in [5, 5.41) is -0.424. The predicted octanol–water partition coefficient (Wildman–Crippen LogP) is 2.11. The number of sulfonamides is 1. The van der Waals surface area contributed by atoms with Crippen molar-refractivity contribution in [2.24, 2.45) is 5.92 Å². The number of hydrogen-bond donors (Lipinski definition) is 2. The van der Waals surface area contributed by atoms with Gasteiger partial charge in [-0.3, -0.25) is 4.79 Å². The lowest BCUT2D eigenvalue weighted by molar-refractivity contribution is 0.0980. The lowest BCUT2D eigenvalue weighted by atomic mass is 9.97. The van der Waals surface area contributed by atoms with Crippen LogP contribution in [0.5, 0.6) is 5.88 Å². The largest absolute Gasteiger partial charge is 0.470 e. The van der Waals surface area contributed by atoms with Crippen LogP contribution in [0.15, 0.2) is 29.3 Å². The van der Waals surface area contributed by atoms with E-state index in [0.29, 0.717) is 26.2 Å². The van der Waals surface area contributed by atoms with Crippen LogP contribution < -0.4 is 20.1 Å². The zero-order chi connectivity index (χ0) is 24.7. The Balaban J connectivity index is 1.73. The molecule has 4 heterocycles. The second kappa shape index (κ2) is 8.99. The van der Waals surface area contributed by atoms with Gasteiger partial charge in [0.15, 0.2) is 10.8 Å². The molecule has 4 rings (SSSR count). The Morgan fingerprint density at radius 3 is 2.74 bits per heavy atom. The van der Waals surface area contributed by atoms with Crippen LogP contribution in [0.4, 0.5) is 16.0 Å². The van der Waals surface area contributed by atoms with Gasteiger partial charge in [0.2, 0.25) is 0 Å². The molecule has 34 heavy (non-hydrogen) atoms. The first-order valence-corrected chi connectivity index (χ1v) is 12.5. The SMILES string of the molecule is C[C@@H]1CN(c2nc(O[C@H]3CCOC3)c(F)cc2C(=O)NS(=O)(=O)c2cccc(N)n2)C(C)(C)C1. The molecule has 2 atom stereocenters. The van der Waals surface area contributed by atoms with Crippen LogP contribution in [-0.2, 0) is 14.8 Å². The maximum atomic E-state index is 15.0. The van der Waals surface area contributed by atoms with Gasteiger partial charge in [0.25, 0.3) is 21.8 Å². The number of carbonyl (C=O) groups excluding carboxylic acids is 1. The minimum absolute atomic E-state index is 0.0195. The number of aromatic nitrogens is 2. The lowest BCUT2D eigenvalue weighted by Gasteiger charge is -2.34. The van der Waals surface area contributed by atoms with Crippen LogP contribution in [0.2, 0.25) is 0 Å². The third-order valence-corrected chi connectivity index (χ3v) is 7.14. The minimum Gasteiger partial charge on any atom is -0.470 e. The zero-order valence-electron chi connectivity index (χ0n) is 19.2. The Morgan fingerprint density at radius 1 is 1.35 bits per heavy atom. The molecule has 0 radical (unpaired) electrons. The first-order valence-electron chi connectivity index (χ1n) is 11.0. The van der Waals surface area contributed by atoms with Gasteiger partial charge in [-0.1, -0.05) is 13.0 Å². The number of rotatable bonds is 6. The van der Waals surface area contributed by atoms with Crippen LogP contribution >= 0.6 is 0 Å². The zero-order valence-corrected chi connectivity index (χ0v) is 20.1. The minimum atomic E-state index is -4.36. The molecular weight excluding hydrogens is 465 g/mol. The van der Waals surface area contributed by atoms with Gasteiger partial charge in [0, 0.05) is 18.5 Å². The average Bonchev–Trinajstić information content (AvgIpc) is 3.35. The van der Waals surface area contributed by atoms with Crippen molar-refractivity contribution < 1.29 is 27.1 Å². The van der Waals surface area contributed by atoms with Crippen LogP contribution in [0.25, 0.3) is 0 Å². The van der Waals surface area contributed by atoms with Crippen LogP contribution in [0.3, 0.4) is 0 Å². The first-order chi connectivity index (χ1) is 16.0. The van der Waals surface area contributed by atoms with E-state index >= 15 is 4.39 Å². The van der Waals surface area contributed by atoms with Gasteiger partial charge in [0.1, 0.15) is 17.7 Å². The summed E-state index contributed by atoms with van der Waals surface area (Å²) >= 11 is 0. The topological polar surface area (TPSA) is 137 Å². The second-order valence-corrected chi connectivity index (χ2v) is 10.9. The molecule has 0 saturated carbocycles. The standard InChI is InChI=1S/C22H28FN5O5S/c1-13-10-22(2,3)28(11-13)19-15(9-16(23)21(26-19)33-14-7-8-32-12-14)20(29)27-34(30,31)18-6-4-5-17(24)25-18/h4-6,9,13-14H,7-8,10-12H2,1-3H3,(H2,24,25)(H,27,29)/t13-,14-/m0/s1. The first kappa shape index (κ1) is 24.1. The van der Waals surface area contributed by atoms with Gasteiger partial charge in [-0.05, 0) is 44.4 Å². The summed E-state index contributed by atoms with van der Waals surface area (Å²) in [6.07, 6.45) is 1.05. The highest BCUT2D eigenvalue weighted by molar-refractivity contribution is 7.90. The van der Waals surface area contributed by atoms with Gasteiger partial charge in [-0.2, -0.15) is 13.4 Å². The van der Waals surface area contributed by atoms with Crippen LogP contribution in [0, 0.1) is 11.7 Å². The van der Waals surface area contributed by atoms with Crippen molar-refractivity contribution in [2.75, 3.05) is 30.4 Å². The number of ether oxygens (including phenoxy) is 2. The normalized spacial score (nSPS) is 22.1. The van der Waals surface area contributed by atoms with E-state index in [0.717, 1.165) is 12.5 Å². The summed E-state index contributed by atoms with van der Waals surface area (Å²) in [4.78, 5) is 23.2. The predicted molar refractivity (Wildman–Crippen MR) is 123 cm³/mol. The monoisotopic (exact) mass is 493 g/mol. The summed E-state index contributed by atoms with van der Waals surface area (Å²) in [5.74, 6) is -1.74. The number of nitrogens with one attached hydrogen (secondary N) is 1. The molecule has 0 spiro atoms. The van der Waals surface area contributed by atoms with E-state index in [1.165, 1.54) is 18.2 Å². The number of nitrogens with two attached hydrogens (primary N) is 1. The molecule has 12 heteroatoms. The number of halogens is 1. The fourth-order valence-electron chi connectivity index (χ4n) is 4.45. The quantitative estimate of drug-likeness (QED) is 0.620. The van der Waals surface area contributed by atoms with E-state index in [2.05, 4.69) is 16.9 Å². The maximum absolute atomic E-state index is 15.0. The van der Waals surface area contributed by atoms with E-state index in [9.17, 15) is 13.2 Å². The summed E-state index contributed by atoms with van der Waals surface area (Å²) in [5.41, 5.74) is 4.95. The average molecular weight is 494 g/mol. The van der Waals surface area contributed by atoms with Gasteiger partial charge in [-0.25, -0.2) is 14.1 Å². The molecule has 2 aromatic rings. The van der Waals surface area contributed by atoms with Crippen molar-refractivity contribution in [3.05, 3.63) is 35.6 Å². The molecule has 3 N–H and O–H groups in total. The molecule has 2 aromatic heterocycles. The summed E-state index contributed by atoms with van der Waals surface area (Å²) in [6, 6.07) is 4.99. The summed E-state index contributed by atoms with van der Waals surface area (Å²) in [6.45, 7) is 7.42. The van der Waals surface area contributed by atoms with Crippen molar-refractivity contribution in [3.63, 3.8) is 0 Å². The Kier molecular flexibility index (Phi) is 6.38. The number of amides is 1. The molecule has 0 unspecified atom stereocenters. The third kappa shape index (κ3) is 4.92. The van der Waals surface area contributed by atoms with Gasteiger partial charge in [0.05, 0.1) is 18.8 Å². The van der Waals surface area contributed by atoms with Crippen molar-refractivity contribution in [3.8, 4) is 5.88 Å². The van der Waals surface area contributed by atoms with Gasteiger partial charge < -0.3 is 20.1 Å². The van der Waals surface area contributed by atoms with Crippen molar-refractivity contribution in [1.29, 1.82) is 0 Å². The number of nitrogen functional groups attached to an aromatic ring is 1. The van der Waals surface area contributed by atoms with Crippen molar-refractivity contribution >= 4 is 27.6 Å². The molecular formula is C22H28FN5O5S. The second-order valence-electron chi connectivity index (χ2n) is 9.32. The molecule has 2 aliphatic heterocycles. The van der Waals surface area contributed by atoms with Crippen LogP contribution in [0.1, 0.15) is 44.0 Å². The van der Waals surface area contributed by atoms with Crippen molar-refractivity contribution in [2.45, 2.75) is 50.3 Å². The fourth-order valence-corrected chi connectivity index (χ4v) is 5.39. The summed E-state index contributed by atoms with van der Waals surface area (Å²) < 4.78 is 53.4. The van der Waals surface area contributed by atoms with Gasteiger partial charge >= 0.3 is 0 Å². The fraction of sp³-hybridized carbons (Fsp3) is 0.500. The number of hydrogen-bond acceptors (Lipinski definition) is 9. The highest BCUT2D eigenvalue weighted by Crippen LogP contribution is 2.39. The number of nitrogens with zero attached hydrogens (tertiary/aromatic N) is 3.